The van der Waals surface area contributed by atoms with Gasteiger partial charge in [-0.05, 0) is 18.2 Å². The first-order valence-corrected chi connectivity index (χ1v) is 9.49. The van der Waals surface area contributed by atoms with Gasteiger partial charge < -0.3 is 4.57 Å². The number of aryl methyl sites for hydroxylation is 1. The van der Waals surface area contributed by atoms with Crippen molar-refractivity contribution in [1.29, 1.82) is 0 Å². The standard InChI is InChI=1S/C18H13F7N2OS/c1-3-29(28)13-7-9(17(20,21)22)4-5-11(13)15-14(19)12-6-10(18(23,24)25)8-26-16(12)27(15)2/h4-8H,3H2,1-2H3. The van der Waals surface area contributed by atoms with E-state index in [1.54, 1.807) is 0 Å². The summed E-state index contributed by atoms with van der Waals surface area (Å²) >= 11 is 0. The Hall–Kier alpha value is -2.43. The summed E-state index contributed by atoms with van der Waals surface area (Å²) in [6.07, 6.45) is -8.90. The predicted octanol–water partition coefficient (Wildman–Crippen LogP) is 5.54. The average Bonchev–Trinajstić information content (AvgIpc) is 2.89. The molecule has 0 saturated carbocycles. The SMILES string of the molecule is CCS(=O)c1cc(C(F)(F)F)ccc1-c1c(F)c2cc(C(F)(F)F)cnc2n1C. The second-order valence-corrected chi connectivity index (χ2v) is 7.87. The van der Waals surface area contributed by atoms with Gasteiger partial charge in [-0.3, -0.25) is 4.21 Å². The van der Waals surface area contributed by atoms with Gasteiger partial charge in [0, 0.05) is 29.5 Å². The summed E-state index contributed by atoms with van der Waals surface area (Å²) in [5.41, 5.74) is -2.75. The summed E-state index contributed by atoms with van der Waals surface area (Å²) in [6.45, 7) is 1.48. The Balaban J connectivity index is 2.32. The Kier molecular flexibility index (Phi) is 5.22. The molecular formula is C18H13F7N2OS. The maximum absolute atomic E-state index is 15.1. The minimum Gasteiger partial charge on any atom is -0.326 e. The van der Waals surface area contributed by atoms with Crippen LogP contribution in [-0.4, -0.2) is 19.5 Å². The van der Waals surface area contributed by atoms with E-state index in [1.807, 2.05) is 0 Å². The van der Waals surface area contributed by atoms with Gasteiger partial charge in [0.15, 0.2) is 5.82 Å². The van der Waals surface area contributed by atoms with Crippen LogP contribution in [0, 0.1) is 5.82 Å². The Morgan fingerprint density at radius 1 is 1.03 bits per heavy atom. The number of halogens is 7. The molecule has 3 nitrogen and oxygen atoms in total. The molecule has 0 spiro atoms. The first-order valence-electron chi connectivity index (χ1n) is 8.17. The molecule has 1 unspecified atom stereocenters. The second kappa shape index (κ2) is 7.12. The molecule has 3 aromatic rings. The summed E-state index contributed by atoms with van der Waals surface area (Å²) in [6, 6.07) is 2.92. The fraction of sp³-hybridized carbons (Fsp3) is 0.278. The first-order chi connectivity index (χ1) is 13.4. The number of pyridine rings is 1. The van der Waals surface area contributed by atoms with Gasteiger partial charge in [0.05, 0.1) is 33.0 Å². The molecule has 3 rings (SSSR count). The van der Waals surface area contributed by atoms with Crippen LogP contribution in [0.25, 0.3) is 22.3 Å². The van der Waals surface area contributed by atoms with Crippen LogP contribution >= 0.6 is 0 Å². The van der Waals surface area contributed by atoms with Gasteiger partial charge in [-0.15, -0.1) is 0 Å². The van der Waals surface area contributed by atoms with E-state index in [4.69, 9.17) is 0 Å². The van der Waals surface area contributed by atoms with Gasteiger partial charge in [-0.2, -0.15) is 26.3 Å². The number of nitrogens with zero attached hydrogens (tertiary/aromatic N) is 2. The summed E-state index contributed by atoms with van der Waals surface area (Å²) in [4.78, 5) is 3.39. The van der Waals surface area contributed by atoms with E-state index < -0.39 is 45.5 Å². The lowest BCUT2D eigenvalue weighted by Gasteiger charge is -2.14. The highest BCUT2D eigenvalue weighted by molar-refractivity contribution is 7.85. The highest BCUT2D eigenvalue weighted by atomic mass is 32.2. The van der Waals surface area contributed by atoms with Crippen LogP contribution < -0.4 is 0 Å². The molecular weight excluding hydrogens is 425 g/mol. The molecule has 2 aromatic heterocycles. The van der Waals surface area contributed by atoms with Crippen molar-refractivity contribution >= 4 is 21.8 Å². The van der Waals surface area contributed by atoms with Crippen molar-refractivity contribution in [2.45, 2.75) is 24.2 Å². The van der Waals surface area contributed by atoms with E-state index in [0.29, 0.717) is 24.4 Å². The fourth-order valence-corrected chi connectivity index (χ4v) is 3.94. The van der Waals surface area contributed by atoms with Gasteiger partial charge in [-0.25, -0.2) is 9.37 Å². The molecule has 0 aliphatic rings. The number of aromatic nitrogens is 2. The van der Waals surface area contributed by atoms with Crippen molar-refractivity contribution in [3.63, 3.8) is 0 Å². The van der Waals surface area contributed by atoms with Crippen molar-refractivity contribution in [3.8, 4) is 11.3 Å². The normalized spacial score (nSPS) is 13.8. The molecule has 0 N–H and O–H groups in total. The number of benzene rings is 1. The second-order valence-electron chi connectivity index (χ2n) is 6.16. The largest absolute Gasteiger partial charge is 0.417 e. The van der Waals surface area contributed by atoms with Crippen LogP contribution in [0.5, 0.6) is 0 Å². The summed E-state index contributed by atoms with van der Waals surface area (Å²) in [5.74, 6) is -1.12. The molecule has 11 heteroatoms. The lowest BCUT2D eigenvalue weighted by molar-refractivity contribution is -0.138. The molecule has 0 aliphatic heterocycles. The number of hydrogen-bond donors (Lipinski definition) is 0. The van der Waals surface area contributed by atoms with Crippen molar-refractivity contribution in [2.75, 3.05) is 5.75 Å². The Bertz CT molecular complexity index is 1120. The maximum atomic E-state index is 15.1. The van der Waals surface area contributed by atoms with Crippen LogP contribution in [0.1, 0.15) is 18.1 Å². The molecule has 0 radical (unpaired) electrons. The van der Waals surface area contributed by atoms with Crippen LogP contribution in [0.15, 0.2) is 35.4 Å². The van der Waals surface area contributed by atoms with Crippen molar-refractivity contribution in [1.82, 2.24) is 9.55 Å². The predicted molar refractivity (Wildman–Crippen MR) is 93.1 cm³/mol. The van der Waals surface area contributed by atoms with Crippen molar-refractivity contribution in [3.05, 3.63) is 47.4 Å². The number of alkyl halides is 6. The zero-order valence-corrected chi connectivity index (χ0v) is 15.8. The van der Waals surface area contributed by atoms with Gasteiger partial charge in [0.2, 0.25) is 0 Å². The monoisotopic (exact) mass is 438 g/mol. The van der Waals surface area contributed by atoms with Gasteiger partial charge in [0.1, 0.15) is 5.65 Å². The molecule has 1 aromatic carbocycles. The summed E-state index contributed by atoms with van der Waals surface area (Å²) in [5, 5.41) is -0.439. The van der Waals surface area contributed by atoms with E-state index in [-0.39, 0.29) is 27.6 Å². The number of fused-ring (bicyclic) bond motifs is 1. The lowest BCUT2D eigenvalue weighted by Crippen LogP contribution is -2.08. The zero-order valence-electron chi connectivity index (χ0n) is 15.0. The van der Waals surface area contributed by atoms with Crippen LogP contribution in [-0.2, 0) is 30.2 Å². The lowest BCUT2D eigenvalue weighted by atomic mass is 10.1. The molecule has 0 aliphatic carbocycles. The van der Waals surface area contributed by atoms with Gasteiger partial charge >= 0.3 is 12.4 Å². The van der Waals surface area contributed by atoms with Crippen molar-refractivity contribution < 1.29 is 34.9 Å². The summed E-state index contributed by atoms with van der Waals surface area (Å²) in [7, 11) is -0.568. The minimum atomic E-state index is -4.74. The van der Waals surface area contributed by atoms with E-state index >= 15 is 4.39 Å². The van der Waals surface area contributed by atoms with Crippen LogP contribution in [0.3, 0.4) is 0 Å². The van der Waals surface area contributed by atoms with E-state index in [1.165, 1.54) is 14.0 Å². The molecule has 0 saturated heterocycles. The first kappa shape index (κ1) is 21.3. The van der Waals surface area contributed by atoms with E-state index in [2.05, 4.69) is 4.98 Å². The molecule has 0 fully saturated rings. The Morgan fingerprint density at radius 2 is 1.66 bits per heavy atom. The smallest absolute Gasteiger partial charge is 0.326 e. The van der Waals surface area contributed by atoms with Gasteiger partial charge in [0.25, 0.3) is 0 Å². The molecule has 1 atom stereocenters. The van der Waals surface area contributed by atoms with E-state index in [9.17, 15) is 30.6 Å². The van der Waals surface area contributed by atoms with Gasteiger partial charge in [-0.1, -0.05) is 13.0 Å². The molecule has 156 valence electrons. The van der Waals surface area contributed by atoms with Crippen LogP contribution in [0.2, 0.25) is 0 Å². The topological polar surface area (TPSA) is 34.9 Å². The summed E-state index contributed by atoms with van der Waals surface area (Å²) < 4.78 is 107. The minimum absolute atomic E-state index is 0.0314. The third-order valence-corrected chi connectivity index (χ3v) is 5.72. The average molecular weight is 438 g/mol. The molecule has 2 heterocycles. The quantitative estimate of drug-likeness (QED) is 0.503. The third kappa shape index (κ3) is 3.75. The molecule has 29 heavy (non-hydrogen) atoms. The van der Waals surface area contributed by atoms with E-state index in [0.717, 1.165) is 10.6 Å². The van der Waals surface area contributed by atoms with Crippen molar-refractivity contribution in [2.24, 2.45) is 7.05 Å². The van der Waals surface area contributed by atoms with Crippen LogP contribution in [0.4, 0.5) is 30.7 Å². The number of hydrogen-bond acceptors (Lipinski definition) is 2. The highest BCUT2D eigenvalue weighted by Crippen LogP contribution is 2.39. The Morgan fingerprint density at radius 3 is 2.21 bits per heavy atom. The highest BCUT2D eigenvalue weighted by Gasteiger charge is 2.34. The zero-order chi connectivity index (χ0) is 21.7. The molecule has 0 bridgehead atoms. The fourth-order valence-electron chi connectivity index (χ4n) is 2.96. The maximum Gasteiger partial charge on any atom is 0.417 e. The molecule has 0 amide bonds. The Labute approximate surface area is 162 Å². The third-order valence-electron chi connectivity index (χ3n) is 4.36. The number of rotatable bonds is 3.